The van der Waals surface area contributed by atoms with Gasteiger partial charge in [-0.05, 0) is 43.7 Å². The van der Waals surface area contributed by atoms with Crippen LogP contribution < -0.4 is 4.74 Å². The molecule has 1 heterocycles. The Labute approximate surface area is 103 Å². The summed E-state index contributed by atoms with van der Waals surface area (Å²) in [6.45, 7) is 2.21. The number of hydrogen-bond donors (Lipinski definition) is 1. The van der Waals surface area contributed by atoms with Crippen molar-refractivity contribution in [2.75, 3.05) is 0 Å². The third-order valence-corrected chi connectivity index (χ3v) is 3.65. The molecule has 1 saturated carbocycles. The number of hydrogen-bond acceptors (Lipinski definition) is 3. The molecule has 0 radical (unpaired) electrons. The molecule has 1 fully saturated rings. The van der Waals surface area contributed by atoms with Crippen LogP contribution in [0.15, 0.2) is 18.3 Å². The van der Waals surface area contributed by atoms with Gasteiger partial charge < -0.3 is 9.84 Å². The van der Waals surface area contributed by atoms with Gasteiger partial charge in [-0.15, -0.1) is 0 Å². The summed E-state index contributed by atoms with van der Waals surface area (Å²) in [6.07, 6.45) is 8.07. The lowest BCUT2D eigenvalue weighted by Gasteiger charge is -2.31. The smallest absolute Gasteiger partial charge is 0.219 e. The zero-order valence-electron chi connectivity index (χ0n) is 10.4. The molecule has 1 aromatic heterocycles. The van der Waals surface area contributed by atoms with Gasteiger partial charge in [-0.25, -0.2) is 4.98 Å². The van der Waals surface area contributed by atoms with Gasteiger partial charge in [0.15, 0.2) is 0 Å². The Kier molecular flexibility index (Phi) is 4.37. The van der Waals surface area contributed by atoms with Crippen LogP contribution in [-0.2, 0) is 6.61 Å². The van der Waals surface area contributed by atoms with Gasteiger partial charge >= 0.3 is 0 Å². The number of pyridine rings is 1. The van der Waals surface area contributed by atoms with Gasteiger partial charge in [0.1, 0.15) is 6.10 Å². The summed E-state index contributed by atoms with van der Waals surface area (Å²) < 4.78 is 6.01. The summed E-state index contributed by atoms with van der Waals surface area (Å²) in [6, 6.07) is 3.70. The van der Waals surface area contributed by atoms with Crippen molar-refractivity contribution in [3.05, 3.63) is 23.9 Å². The Balaban J connectivity index is 2.08. The molecule has 0 spiro atoms. The van der Waals surface area contributed by atoms with E-state index in [2.05, 4.69) is 11.9 Å². The number of aliphatic hydroxyl groups is 1. The van der Waals surface area contributed by atoms with E-state index < -0.39 is 0 Å². The van der Waals surface area contributed by atoms with Crippen LogP contribution in [0.2, 0.25) is 0 Å². The minimum Gasteiger partial charge on any atom is -0.474 e. The molecule has 2 rings (SSSR count). The molecule has 1 aliphatic rings. The van der Waals surface area contributed by atoms with Crippen molar-refractivity contribution in [1.29, 1.82) is 0 Å². The van der Waals surface area contributed by atoms with E-state index in [1.807, 2.05) is 12.1 Å². The molecule has 1 aromatic rings. The molecule has 1 N–H and O–H groups in total. The van der Waals surface area contributed by atoms with Gasteiger partial charge in [0, 0.05) is 11.8 Å². The van der Waals surface area contributed by atoms with Gasteiger partial charge in [-0.2, -0.15) is 0 Å². The SMILES string of the molecule is CCC1CCCCC1Oc1ncccc1CO. The summed E-state index contributed by atoms with van der Waals surface area (Å²) in [7, 11) is 0. The van der Waals surface area contributed by atoms with Gasteiger partial charge in [-0.3, -0.25) is 0 Å². The number of aliphatic hydroxyl groups excluding tert-OH is 1. The van der Waals surface area contributed by atoms with E-state index in [1.165, 1.54) is 19.3 Å². The highest BCUT2D eigenvalue weighted by atomic mass is 16.5. The lowest BCUT2D eigenvalue weighted by atomic mass is 9.85. The van der Waals surface area contributed by atoms with Crippen molar-refractivity contribution in [3.8, 4) is 5.88 Å². The highest BCUT2D eigenvalue weighted by molar-refractivity contribution is 5.24. The molecule has 3 nitrogen and oxygen atoms in total. The summed E-state index contributed by atoms with van der Waals surface area (Å²) >= 11 is 0. The van der Waals surface area contributed by atoms with Crippen LogP contribution in [-0.4, -0.2) is 16.2 Å². The minimum atomic E-state index is -0.00726. The fourth-order valence-corrected chi connectivity index (χ4v) is 2.59. The lowest BCUT2D eigenvalue weighted by molar-refractivity contribution is 0.0831. The molecular weight excluding hydrogens is 214 g/mol. The van der Waals surface area contributed by atoms with Gasteiger partial charge in [0.25, 0.3) is 0 Å². The van der Waals surface area contributed by atoms with Crippen molar-refractivity contribution in [1.82, 2.24) is 4.98 Å². The van der Waals surface area contributed by atoms with E-state index in [0.29, 0.717) is 11.8 Å². The molecule has 1 aliphatic carbocycles. The Morgan fingerprint density at radius 3 is 3.00 bits per heavy atom. The molecule has 0 aromatic carbocycles. The molecular formula is C14H21NO2. The molecule has 0 bridgehead atoms. The third-order valence-electron chi connectivity index (χ3n) is 3.65. The first-order chi connectivity index (χ1) is 8.35. The number of rotatable bonds is 4. The summed E-state index contributed by atoms with van der Waals surface area (Å²) in [4.78, 5) is 4.23. The number of aromatic nitrogens is 1. The van der Waals surface area contributed by atoms with E-state index in [9.17, 15) is 5.11 Å². The van der Waals surface area contributed by atoms with Crippen LogP contribution in [0.3, 0.4) is 0 Å². The highest BCUT2D eigenvalue weighted by Gasteiger charge is 2.26. The molecule has 3 heteroatoms. The van der Waals surface area contributed by atoms with Crippen molar-refractivity contribution >= 4 is 0 Å². The number of ether oxygens (including phenoxy) is 1. The van der Waals surface area contributed by atoms with Gasteiger partial charge in [0.05, 0.1) is 6.61 Å². The van der Waals surface area contributed by atoms with Crippen LogP contribution in [0.1, 0.15) is 44.6 Å². The summed E-state index contributed by atoms with van der Waals surface area (Å²) in [5.41, 5.74) is 0.785. The van der Waals surface area contributed by atoms with Crippen molar-refractivity contribution in [3.63, 3.8) is 0 Å². The minimum absolute atomic E-state index is 0.00726. The first kappa shape index (κ1) is 12.4. The molecule has 2 atom stereocenters. The van der Waals surface area contributed by atoms with E-state index in [-0.39, 0.29) is 12.7 Å². The largest absolute Gasteiger partial charge is 0.474 e. The number of nitrogens with zero attached hydrogens (tertiary/aromatic N) is 1. The third kappa shape index (κ3) is 2.97. The Morgan fingerprint density at radius 2 is 2.24 bits per heavy atom. The predicted molar refractivity (Wildman–Crippen MR) is 66.8 cm³/mol. The second kappa shape index (κ2) is 6.01. The van der Waals surface area contributed by atoms with E-state index in [4.69, 9.17) is 4.74 Å². The fourth-order valence-electron chi connectivity index (χ4n) is 2.59. The fraction of sp³-hybridized carbons (Fsp3) is 0.643. The van der Waals surface area contributed by atoms with E-state index in [0.717, 1.165) is 18.4 Å². The van der Waals surface area contributed by atoms with Gasteiger partial charge in [-0.1, -0.05) is 13.3 Å². The van der Waals surface area contributed by atoms with Crippen LogP contribution in [0.4, 0.5) is 0 Å². The first-order valence-electron chi connectivity index (χ1n) is 6.56. The van der Waals surface area contributed by atoms with Crippen molar-refractivity contribution in [2.45, 2.75) is 51.7 Å². The topological polar surface area (TPSA) is 42.4 Å². The first-order valence-corrected chi connectivity index (χ1v) is 6.56. The zero-order chi connectivity index (χ0) is 12.1. The van der Waals surface area contributed by atoms with Crippen molar-refractivity contribution < 1.29 is 9.84 Å². The van der Waals surface area contributed by atoms with Crippen LogP contribution in [0.25, 0.3) is 0 Å². The van der Waals surface area contributed by atoms with Crippen LogP contribution in [0, 0.1) is 5.92 Å². The highest BCUT2D eigenvalue weighted by Crippen LogP contribution is 2.30. The monoisotopic (exact) mass is 235 g/mol. The van der Waals surface area contributed by atoms with Crippen LogP contribution >= 0.6 is 0 Å². The zero-order valence-corrected chi connectivity index (χ0v) is 10.4. The molecule has 0 amide bonds. The van der Waals surface area contributed by atoms with Gasteiger partial charge in [0.2, 0.25) is 5.88 Å². The van der Waals surface area contributed by atoms with E-state index >= 15 is 0 Å². The molecule has 2 unspecified atom stereocenters. The summed E-state index contributed by atoms with van der Waals surface area (Å²) in [5.74, 6) is 1.25. The van der Waals surface area contributed by atoms with Crippen molar-refractivity contribution in [2.24, 2.45) is 5.92 Å². The second-order valence-corrected chi connectivity index (χ2v) is 4.73. The maximum atomic E-state index is 9.25. The molecule has 17 heavy (non-hydrogen) atoms. The average molecular weight is 235 g/mol. The van der Waals surface area contributed by atoms with Crippen LogP contribution in [0.5, 0.6) is 5.88 Å². The predicted octanol–water partition coefficient (Wildman–Crippen LogP) is 2.92. The molecule has 0 saturated heterocycles. The van der Waals surface area contributed by atoms with E-state index in [1.54, 1.807) is 6.20 Å². The maximum Gasteiger partial charge on any atom is 0.219 e. The summed E-state index contributed by atoms with van der Waals surface area (Å²) in [5, 5.41) is 9.25. The maximum absolute atomic E-state index is 9.25. The molecule has 0 aliphatic heterocycles. The normalized spacial score (nSPS) is 24.6. The Hall–Kier alpha value is -1.09. The standard InChI is InChI=1S/C14H21NO2/c1-2-11-6-3-4-8-13(11)17-14-12(10-16)7-5-9-15-14/h5,7,9,11,13,16H,2-4,6,8,10H2,1H3. The molecule has 94 valence electrons. The second-order valence-electron chi connectivity index (χ2n) is 4.73. The lowest BCUT2D eigenvalue weighted by Crippen LogP contribution is -2.30. The Morgan fingerprint density at radius 1 is 1.41 bits per heavy atom. The average Bonchev–Trinajstić information content (AvgIpc) is 2.40. The Bertz CT molecular complexity index is 354. The quantitative estimate of drug-likeness (QED) is 0.872.